The number of benzene rings is 1. The molecule has 0 aliphatic heterocycles. The van der Waals surface area contributed by atoms with E-state index in [0.29, 0.717) is 11.1 Å². The SMILES string of the molecule is C[C@H]1CCc2c(sc3nc(S[C@H](C)C(N)=O)n(-c4ccccc4)c(=O)c23)C1. The molecule has 0 radical (unpaired) electrons. The van der Waals surface area contributed by atoms with E-state index in [2.05, 4.69) is 6.92 Å². The summed E-state index contributed by atoms with van der Waals surface area (Å²) in [6.07, 6.45) is 3.02. The predicted octanol–water partition coefficient (Wildman–Crippen LogP) is 3.54. The molecule has 0 saturated heterocycles. The number of fused-ring (bicyclic) bond motifs is 3. The van der Waals surface area contributed by atoms with Crippen LogP contribution in [0.2, 0.25) is 0 Å². The molecule has 2 aromatic heterocycles. The van der Waals surface area contributed by atoms with Crippen molar-refractivity contribution in [2.24, 2.45) is 11.7 Å². The van der Waals surface area contributed by atoms with Gasteiger partial charge in [-0.05, 0) is 49.8 Å². The summed E-state index contributed by atoms with van der Waals surface area (Å²) >= 11 is 2.85. The number of carbonyl (C=O) groups is 1. The summed E-state index contributed by atoms with van der Waals surface area (Å²) in [5.41, 5.74) is 7.30. The molecule has 2 N–H and O–H groups in total. The van der Waals surface area contributed by atoms with Gasteiger partial charge >= 0.3 is 0 Å². The maximum atomic E-state index is 13.5. The monoisotopic (exact) mass is 399 g/mol. The lowest BCUT2D eigenvalue weighted by Crippen LogP contribution is -2.26. The molecule has 7 heteroatoms. The summed E-state index contributed by atoms with van der Waals surface area (Å²) < 4.78 is 1.62. The zero-order valence-corrected chi connectivity index (χ0v) is 16.9. The zero-order chi connectivity index (χ0) is 19.1. The molecule has 27 heavy (non-hydrogen) atoms. The van der Waals surface area contributed by atoms with Crippen molar-refractivity contribution in [3.05, 3.63) is 51.1 Å². The van der Waals surface area contributed by atoms with Gasteiger partial charge in [0.1, 0.15) is 4.83 Å². The summed E-state index contributed by atoms with van der Waals surface area (Å²) in [4.78, 5) is 31.9. The number of para-hydroxylation sites is 1. The minimum atomic E-state index is -0.473. The van der Waals surface area contributed by atoms with Crippen molar-refractivity contribution in [2.45, 2.75) is 43.5 Å². The molecule has 140 valence electrons. The molecule has 0 bridgehead atoms. The van der Waals surface area contributed by atoms with Crippen LogP contribution in [0.3, 0.4) is 0 Å². The van der Waals surface area contributed by atoms with Crippen molar-refractivity contribution in [1.82, 2.24) is 9.55 Å². The standard InChI is InChI=1S/C20H21N3O2S2/c1-11-8-9-14-15(10-11)27-18-16(14)19(25)23(13-6-4-3-5-7-13)20(22-18)26-12(2)17(21)24/h3-7,11-12H,8-10H2,1-2H3,(H2,21,24)/t11-,12+/m0/s1. The van der Waals surface area contributed by atoms with Crippen molar-refractivity contribution in [2.75, 3.05) is 0 Å². The number of hydrogen-bond acceptors (Lipinski definition) is 5. The number of aryl methyl sites for hydroxylation is 1. The molecule has 2 atom stereocenters. The molecule has 0 fully saturated rings. The van der Waals surface area contributed by atoms with Gasteiger partial charge in [0.05, 0.1) is 16.3 Å². The highest BCUT2D eigenvalue weighted by atomic mass is 32.2. The number of primary amides is 1. The number of thiophene rings is 1. The van der Waals surface area contributed by atoms with Gasteiger partial charge in [0.25, 0.3) is 5.56 Å². The van der Waals surface area contributed by atoms with Gasteiger partial charge in [-0.15, -0.1) is 11.3 Å². The molecule has 0 spiro atoms. The summed E-state index contributed by atoms with van der Waals surface area (Å²) in [5.74, 6) is 0.207. The van der Waals surface area contributed by atoms with Crippen LogP contribution in [0.4, 0.5) is 0 Å². The van der Waals surface area contributed by atoms with Gasteiger partial charge in [0.15, 0.2) is 5.16 Å². The molecule has 5 nitrogen and oxygen atoms in total. The third kappa shape index (κ3) is 3.30. The maximum absolute atomic E-state index is 13.5. The van der Waals surface area contributed by atoms with Gasteiger partial charge in [-0.2, -0.15) is 0 Å². The van der Waals surface area contributed by atoms with E-state index in [9.17, 15) is 9.59 Å². The minimum Gasteiger partial charge on any atom is -0.369 e. The van der Waals surface area contributed by atoms with Gasteiger partial charge in [0.2, 0.25) is 5.91 Å². The average Bonchev–Trinajstić information content (AvgIpc) is 2.99. The highest BCUT2D eigenvalue weighted by molar-refractivity contribution is 8.00. The van der Waals surface area contributed by atoms with E-state index in [4.69, 9.17) is 10.7 Å². The fourth-order valence-electron chi connectivity index (χ4n) is 3.47. The number of hydrogen-bond donors (Lipinski definition) is 1. The normalized spacial score (nSPS) is 17.6. The highest BCUT2D eigenvalue weighted by Gasteiger charge is 2.26. The quantitative estimate of drug-likeness (QED) is 0.538. The van der Waals surface area contributed by atoms with E-state index < -0.39 is 11.2 Å². The second-order valence-electron chi connectivity index (χ2n) is 7.06. The molecule has 1 aliphatic carbocycles. The minimum absolute atomic E-state index is 0.0579. The Labute approximate surface area is 165 Å². The summed E-state index contributed by atoms with van der Waals surface area (Å²) in [6, 6.07) is 9.46. The molecule has 0 unspecified atom stereocenters. The van der Waals surface area contributed by atoms with Gasteiger partial charge in [-0.3, -0.25) is 14.2 Å². The van der Waals surface area contributed by atoms with Crippen LogP contribution in [-0.4, -0.2) is 20.7 Å². The third-order valence-electron chi connectivity index (χ3n) is 5.00. The predicted molar refractivity (Wildman–Crippen MR) is 111 cm³/mol. The molecule has 2 heterocycles. The fraction of sp³-hybridized carbons (Fsp3) is 0.350. The highest BCUT2D eigenvalue weighted by Crippen LogP contribution is 2.37. The van der Waals surface area contributed by atoms with E-state index in [1.807, 2.05) is 30.3 Å². The number of amides is 1. The Morgan fingerprint density at radius 2 is 2.11 bits per heavy atom. The third-order valence-corrected chi connectivity index (χ3v) is 7.21. The Balaban J connectivity index is 1.97. The van der Waals surface area contributed by atoms with Crippen molar-refractivity contribution in [1.29, 1.82) is 0 Å². The molecule has 1 aliphatic rings. The van der Waals surface area contributed by atoms with Crippen molar-refractivity contribution < 1.29 is 4.79 Å². The second kappa shape index (κ2) is 7.13. The lowest BCUT2D eigenvalue weighted by molar-refractivity contribution is -0.117. The number of carbonyl (C=O) groups excluding carboxylic acids is 1. The Kier molecular flexibility index (Phi) is 4.82. The van der Waals surface area contributed by atoms with Gasteiger partial charge < -0.3 is 5.73 Å². The first-order chi connectivity index (χ1) is 13.0. The lowest BCUT2D eigenvalue weighted by atomic mass is 9.89. The van der Waals surface area contributed by atoms with Crippen LogP contribution >= 0.6 is 23.1 Å². The molecule has 0 saturated carbocycles. The Hall–Kier alpha value is -2.12. The van der Waals surface area contributed by atoms with Gasteiger partial charge in [0, 0.05) is 4.88 Å². The Morgan fingerprint density at radius 1 is 1.37 bits per heavy atom. The summed E-state index contributed by atoms with van der Waals surface area (Å²) in [5, 5.41) is 0.775. The Morgan fingerprint density at radius 3 is 2.81 bits per heavy atom. The maximum Gasteiger partial charge on any atom is 0.267 e. The molecule has 4 rings (SSSR count). The first-order valence-corrected chi connectivity index (χ1v) is 10.7. The Bertz CT molecular complexity index is 1070. The van der Waals surface area contributed by atoms with Crippen molar-refractivity contribution in [3.8, 4) is 5.69 Å². The second-order valence-corrected chi connectivity index (χ2v) is 9.46. The number of thioether (sulfide) groups is 1. The van der Waals surface area contributed by atoms with Crippen molar-refractivity contribution in [3.63, 3.8) is 0 Å². The van der Waals surface area contributed by atoms with Crippen LogP contribution in [-0.2, 0) is 17.6 Å². The van der Waals surface area contributed by atoms with E-state index in [1.165, 1.54) is 16.6 Å². The van der Waals surface area contributed by atoms with Crippen LogP contribution < -0.4 is 11.3 Å². The zero-order valence-electron chi connectivity index (χ0n) is 15.3. The van der Waals surface area contributed by atoms with Crippen LogP contribution in [0.5, 0.6) is 0 Å². The molecule has 1 aromatic carbocycles. The fourth-order valence-corrected chi connectivity index (χ4v) is 5.77. The first-order valence-electron chi connectivity index (χ1n) is 9.04. The van der Waals surface area contributed by atoms with E-state index in [1.54, 1.807) is 22.8 Å². The number of aromatic nitrogens is 2. The lowest BCUT2D eigenvalue weighted by Gasteiger charge is -2.18. The molecular weight excluding hydrogens is 378 g/mol. The van der Waals surface area contributed by atoms with Crippen LogP contribution in [0, 0.1) is 5.92 Å². The topological polar surface area (TPSA) is 78.0 Å². The van der Waals surface area contributed by atoms with Crippen molar-refractivity contribution >= 4 is 39.2 Å². The summed E-state index contributed by atoms with van der Waals surface area (Å²) in [6.45, 7) is 3.98. The molecule has 3 aromatic rings. The van der Waals surface area contributed by atoms with E-state index in [-0.39, 0.29) is 5.56 Å². The van der Waals surface area contributed by atoms with Crippen LogP contribution in [0.1, 0.15) is 30.7 Å². The number of nitrogens with two attached hydrogens (primary N) is 1. The number of nitrogens with zero attached hydrogens (tertiary/aromatic N) is 2. The largest absolute Gasteiger partial charge is 0.369 e. The molecular formula is C20H21N3O2S2. The van der Waals surface area contributed by atoms with Crippen LogP contribution in [0.15, 0.2) is 40.3 Å². The number of rotatable bonds is 4. The average molecular weight is 400 g/mol. The van der Waals surface area contributed by atoms with Gasteiger partial charge in [-0.25, -0.2) is 4.98 Å². The molecule has 1 amide bonds. The first kappa shape index (κ1) is 18.3. The van der Waals surface area contributed by atoms with Crippen LogP contribution in [0.25, 0.3) is 15.9 Å². The van der Waals surface area contributed by atoms with Gasteiger partial charge in [-0.1, -0.05) is 36.9 Å². The summed E-state index contributed by atoms with van der Waals surface area (Å²) in [7, 11) is 0. The van der Waals surface area contributed by atoms with E-state index in [0.717, 1.165) is 40.7 Å². The smallest absolute Gasteiger partial charge is 0.267 e. The van der Waals surface area contributed by atoms with E-state index >= 15 is 0 Å².